The number of rotatable bonds is 6. The summed E-state index contributed by atoms with van der Waals surface area (Å²) in [6.07, 6.45) is 3.21. The molecule has 0 bridgehead atoms. The van der Waals surface area contributed by atoms with Crippen LogP contribution in [0, 0.1) is 11.6 Å². The molecule has 2 aromatic rings. The monoisotopic (exact) mass is 369 g/mol. The molecular weight excluding hydrogens is 352 g/mol. The molecule has 2 N–H and O–H groups in total. The van der Waals surface area contributed by atoms with Gasteiger partial charge in [-0.15, -0.1) is 0 Å². The van der Waals surface area contributed by atoms with Crippen LogP contribution in [-0.2, 0) is 11.2 Å². The van der Waals surface area contributed by atoms with Crippen LogP contribution in [0.15, 0.2) is 12.1 Å². The van der Waals surface area contributed by atoms with Crippen LogP contribution in [0.5, 0.6) is 0 Å². The van der Waals surface area contributed by atoms with Crippen LogP contribution in [-0.4, -0.2) is 23.0 Å². The van der Waals surface area contributed by atoms with E-state index >= 15 is 0 Å². The zero-order valence-corrected chi connectivity index (χ0v) is 14.7. The Kier molecular flexibility index (Phi) is 6.25. The standard InChI is InChI=1S/C17H18ClF2N3O2/c1-3-4-5-6-10-14(17(24)25-2)22-16(23-15(10)21)9-7-8-11(18)13(20)12(9)19/h7-8H,3-6H2,1-2H3,(H2,21,22,23). The number of nitrogen functional groups attached to an aromatic ring is 1. The average molecular weight is 370 g/mol. The van der Waals surface area contributed by atoms with Gasteiger partial charge in [0.05, 0.1) is 17.7 Å². The van der Waals surface area contributed by atoms with Crippen molar-refractivity contribution in [3.05, 3.63) is 40.0 Å². The van der Waals surface area contributed by atoms with E-state index in [9.17, 15) is 13.6 Å². The van der Waals surface area contributed by atoms with E-state index in [-0.39, 0.29) is 27.9 Å². The Morgan fingerprint density at radius 1 is 1.24 bits per heavy atom. The SMILES string of the molecule is CCCCCc1c(N)nc(-c2ccc(Cl)c(F)c2F)nc1C(=O)OC. The van der Waals surface area contributed by atoms with Gasteiger partial charge in [0.1, 0.15) is 5.82 Å². The van der Waals surface area contributed by atoms with Gasteiger partial charge in [-0.3, -0.25) is 0 Å². The van der Waals surface area contributed by atoms with E-state index in [4.69, 9.17) is 22.1 Å². The van der Waals surface area contributed by atoms with Crippen LogP contribution in [0.1, 0.15) is 42.2 Å². The smallest absolute Gasteiger partial charge is 0.357 e. The number of anilines is 1. The first-order valence-corrected chi connectivity index (χ1v) is 8.17. The number of unbranched alkanes of at least 4 members (excludes halogenated alkanes) is 2. The second kappa shape index (κ2) is 8.20. The van der Waals surface area contributed by atoms with Gasteiger partial charge in [0, 0.05) is 5.56 Å². The van der Waals surface area contributed by atoms with Crippen molar-refractivity contribution in [3.63, 3.8) is 0 Å². The van der Waals surface area contributed by atoms with E-state index in [2.05, 4.69) is 9.97 Å². The molecule has 1 aromatic carbocycles. The van der Waals surface area contributed by atoms with Gasteiger partial charge in [-0.05, 0) is 25.0 Å². The van der Waals surface area contributed by atoms with Crippen LogP contribution < -0.4 is 5.73 Å². The number of nitrogens with zero attached hydrogens (tertiary/aromatic N) is 2. The second-order valence-electron chi connectivity index (χ2n) is 5.43. The quantitative estimate of drug-likeness (QED) is 0.469. The Morgan fingerprint density at radius 3 is 2.60 bits per heavy atom. The largest absolute Gasteiger partial charge is 0.464 e. The molecule has 0 amide bonds. The number of carbonyl (C=O) groups is 1. The van der Waals surface area contributed by atoms with Gasteiger partial charge in [0.25, 0.3) is 0 Å². The second-order valence-corrected chi connectivity index (χ2v) is 5.84. The number of halogens is 3. The molecule has 1 aromatic heterocycles. The number of hydrogen-bond donors (Lipinski definition) is 1. The summed E-state index contributed by atoms with van der Waals surface area (Å²) in [6, 6.07) is 2.41. The molecule has 0 radical (unpaired) electrons. The summed E-state index contributed by atoms with van der Waals surface area (Å²) in [4.78, 5) is 20.2. The number of esters is 1. The lowest BCUT2D eigenvalue weighted by atomic mass is 10.1. The van der Waals surface area contributed by atoms with Gasteiger partial charge in [0.15, 0.2) is 23.2 Å². The molecule has 0 aliphatic heterocycles. The van der Waals surface area contributed by atoms with E-state index < -0.39 is 17.6 Å². The molecular formula is C17H18ClF2N3O2. The molecule has 25 heavy (non-hydrogen) atoms. The van der Waals surface area contributed by atoms with Gasteiger partial charge in [0.2, 0.25) is 0 Å². The zero-order valence-electron chi connectivity index (χ0n) is 13.9. The van der Waals surface area contributed by atoms with Gasteiger partial charge >= 0.3 is 5.97 Å². The molecule has 0 saturated carbocycles. The fourth-order valence-electron chi connectivity index (χ4n) is 2.38. The molecule has 5 nitrogen and oxygen atoms in total. The molecule has 0 atom stereocenters. The first-order chi connectivity index (χ1) is 11.9. The normalized spacial score (nSPS) is 10.8. The van der Waals surface area contributed by atoms with Gasteiger partial charge in [-0.25, -0.2) is 23.5 Å². The fourth-order valence-corrected chi connectivity index (χ4v) is 2.53. The summed E-state index contributed by atoms with van der Waals surface area (Å²) in [5.74, 6) is -3.30. The highest BCUT2D eigenvalue weighted by molar-refractivity contribution is 6.30. The number of benzene rings is 1. The molecule has 2 rings (SSSR count). The van der Waals surface area contributed by atoms with Crippen molar-refractivity contribution in [2.45, 2.75) is 32.6 Å². The first-order valence-electron chi connectivity index (χ1n) is 7.79. The summed E-state index contributed by atoms with van der Waals surface area (Å²) in [5.41, 5.74) is 6.11. The van der Waals surface area contributed by atoms with Crippen LogP contribution in [0.2, 0.25) is 5.02 Å². The highest BCUT2D eigenvalue weighted by Gasteiger charge is 2.22. The number of aromatic nitrogens is 2. The average Bonchev–Trinajstić information content (AvgIpc) is 2.60. The Hall–Kier alpha value is -2.28. The summed E-state index contributed by atoms with van der Waals surface area (Å²) >= 11 is 5.55. The predicted octanol–water partition coefficient (Wildman–Crippen LogP) is 4.18. The van der Waals surface area contributed by atoms with Crippen molar-refractivity contribution in [1.82, 2.24) is 9.97 Å². The fraction of sp³-hybridized carbons (Fsp3) is 0.353. The summed E-state index contributed by atoms with van der Waals surface area (Å²) < 4.78 is 32.6. The Morgan fingerprint density at radius 2 is 1.96 bits per heavy atom. The number of nitrogens with two attached hydrogens (primary N) is 1. The van der Waals surface area contributed by atoms with Crippen molar-refractivity contribution in [2.24, 2.45) is 0 Å². The molecule has 8 heteroatoms. The molecule has 0 spiro atoms. The first kappa shape index (κ1) is 19.1. The number of carbonyl (C=O) groups excluding carboxylic acids is 1. The number of hydrogen-bond acceptors (Lipinski definition) is 5. The van der Waals surface area contributed by atoms with Crippen molar-refractivity contribution in [1.29, 1.82) is 0 Å². The third kappa shape index (κ3) is 4.04. The lowest BCUT2D eigenvalue weighted by molar-refractivity contribution is 0.0592. The maximum absolute atomic E-state index is 14.1. The van der Waals surface area contributed by atoms with Crippen LogP contribution in [0.4, 0.5) is 14.6 Å². The molecule has 1 heterocycles. The van der Waals surface area contributed by atoms with Gasteiger partial charge < -0.3 is 10.5 Å². The van der Waals surface area contributed by atoms with Crippen LogP contribution in [0.25, 0.3) is 11.4 Å². The lowest BCUT2D eigenvalue weighted by Crippen LogP contribution is -2.14. The Labute approximate surface area is 149 Å². The number of ether oxygens (including phenoxy) is 1. The molecule has 0 saturated heterocycles. The number of methoxy groups -OCH3 is 1. The van der Waals surface area contributed by atoms with E-state index in [0.717, 1.165) is 19.3 Å². The lowest BCUT2D eigenvalue weighted by Gasteiger charge is -2.12. The van der Waals surface area contributed by atoms with Crippen molar-refractivity contribution in [2.75, 3.05) is 12.8 Å². The topological polar surface area (TPSA) is 78.1 Å². The molecule has 0 fully saturated rings. The molecule has 0 aliphatic rings. The minimum atomic E-state index is -1.21. The van der Waals surface area contributed by atoms with E-state index in [1.165, 1.54) is 19.2 Å². The highest BCUT2D eigenvalue weighted by Crippen LogP contribution is 2.29. The van der Waals surface area contributed by atoms with E-state index in [1.807, 2.05) is 6.92 Å². The van der Waals surface area contributed by atoms with Crippen molar-refractivity contribution in [3.8, 4) is 11.4 Å². The van der Waals surface area contributed by atoms with Gasteiger partial charge in [-0.1, -0.05) is 31.4 Å². The molecule has 0 unspecified atom stereocenters. The van der Waals surface area contributed by atoms with Crippen molar-refractivity contribution < 1.29 is 18.3 Å². The van der Waals surface area contributed by atoms with Crippen LogP contribution >= 0.6 is 11.6 Å². The maximum Gasteiger partial charge on any atom is 0.357 e. The summed E-state index contributed by atoms with van der Waals surface area (Å²) in [6.45, 7) is 2.04. The van der Waals surface area contributed by atoms with Crippen molar-refractivity contribution >= 4 is 23.4 Å². The molecule has 0 aliphatic carbocycles. The molecule has 134 valence electrons. The van der Waals surface area contributed by atoms with Gasteiger partial charge in [-0.2, -0.15) is 0 Å². The Bertz CT molecular complexity index is 800. The van der Waals surface area contributed by atoms with E-state index in [0.29, 0.717) is 12.0 Å². The minimum Gasteiger partial charge on any atom is -0.464 e. The van der Waals surface area contributed by atoms with E-state index in [1.54, 1.807) is 0 Å². The third-order valence-electron chi connectivity index (χ3n) is 3.72. The highest BCUT2D eigenvalue weighted by atomic mass is 35.5. The summed E-state index contributed by atoms with van der Waals surface area (Å²) in [7, 11) is 1.21. The minimum absolute atomic E-state index is 0.0382. The maximum atomic E-state index is 14.1. The Balaban J connectivity index is 2.56. The zero-order chi connectivity index (χ0) is 18.6. The third-order valence-corrected chi connectivity index (χ3v) is 4.02. The predicted molar refractivity (Wildman–Crippen MR) is 91.4 cm³/mol. The van der Waals surface area contributed by atoms with Crippen LogP contribution in [0.3, 0.4) is 0 Å². The summed E-state index contributed by atoms with van der Waals surface area (Å²) in [5, 5.41) is -0.362.